The monoisotopic (exact) mass is 231 g/mol. The molecule has 14 heavy (non-hydrogen) atoms. The van der Waals surface area contributed by atoms with Gasteiger partial charge in [0.2, 0.25) is 5.91 Å². The highest BCUT2D eigenvalue weighted by Gasteiger charge is 2.15. The molecular formula is C8H9NO3S2. The molecule has 0 fully saturated rings. The van der Waals surface area contributed by atoms with Crippen LogP contribution in [-0.4, -0.2) is 14.7 Å². The number of benzene rings is 1. The molecule has 3 N–H and O–H groups in total. The summed E-state index contributed by atoms with van der Waals surface area (Å²) >= 11 is 4.39. The maximum Gasteiger partial charge on any atom is 0.250 e. The summed E-state index contributed by atoms with van der Waals surface area (Å²) in [6.07, 6.45) is 0. The minimum absolute atomic E-state index is 0.00176. The molecule has 0 heterocycles. The Bertz CT molecular complexity index is 479. The van der Waals surface area contributed by atoms with Crippen LogP contribution >= 0.6 is 0 Å². The lowest BCUT2D eigenvalue weighted by Gasteiger charge is -2.06. The summed E-state index contributed by atoms with van der Waals surface area (Å²) in [6.45, 7) is 1.73. The molecule has 0 aliphatic rings. The maximum atomic E-state index is 11.2. The number of primary amides is 1. The molecule has 0 aromatic heterocycles. The lowest BCUT2D eigenvalue weighted by atomic mass is 10.1. The molecule has 76 valence electrons. The fraction of sp³-hybridized carbons (Fsp3) is 0.125. The van der Waals surface area contributed by atoms with E-state index in [1.807, 2.05) is 0 Å². The van der Waals surface area contributed by atoms with E-state index in [0.717, 1.165) is 5.56 Å². The lowest BCUT2D eigenvalue weighted by molar-refractivity contribution is 0.0997. The topological polar surface area (TPSA) is 80.4 Å². The predicted octanol–water partition coefficient (Wildman–Crippen LogP) is 0.672. The number of hydrogen-bond acceptors (Lipinski definition) is 3. The molecule has 1 unspecified atom stereocenters. The van der Waals surface area contributed by atoms with E-state index in [-0.39, 0.29) is 10.5 Å². The van der Waals surface area contributed by atoms with Gasteiger partial charge in [-0.3, -0.25) is 4.79 Å². The van der Waals surface area contributed by atoms with Gasteiger partial charge in [0.25, 0.3) is 0 Å². The second kappa shape index (κ2) is 3.64. The Hall–Kier alpha value is -0.980. The van der Waals surface area contributed by atoms with E-state index >= 15 is 0 Å². The van der Waals surface area contributed by atoms with Crippen LogP contribution in [0.25, 0.3) is 0 Å². The average Bonchev–Trinajstić information content (AvgIpc) is 2.01. The summed E-state index contributed by atoms with van der Waals surface area (Å²) in [7, 11) is -3.57. The Balaban J connectivity index is 3.54. The maximum absolute atomic E-state index is 11.2. The number of aryl methyl sites for hydroxylation is 1. The first-order valence-corrected chi connectivity index (χ1v) is 6.14. The standard InChI is InChI=1S/C8H9NO3S2/c1-5-2-3-6(8(9)10)7(4-5)14(11,12)13/h2-4H,1H3,(H2,9,10)(H,11,12,13). The van der Waals surface area contributed by atoms with Crippen LogP contribution in [0.3, 0.4) is 0 Å². The van der Waals surface area contributed by atoms with Crippen LogP contribution < -0.4 is 5.73 Å². The van der Waals surface area contributed by atoms with Gasteiger partial charge >= 0.3 is 0 Å². The van der Waals surface area contributed by atoms with Crippen molar-refractivity contribution in [3.05, 3.63) is 29.3 Å². The van der Waals surface area contributed by atoms with Crippen LogP contribution in [0, 0.1) is 6.92 Å². The third-order valence-electron chi connectivity index (χ3n) is 1.68. The number of hydrogen-bond donors (Lipinski definition) is 2. The molecule has 1 atom stereocenters. The van der Waals surface area contributed by atoms with Crippen molar-refractivity contribution in [1.82, 2.24) is 0 Å². The van der Waals surface area contributed by atoms with Gasteiger partial charge in [-0.2, -0.15) is 0 Å². The molecule has 1 aromatic carbocycles. The number of carbonyl (C=O) groups excluding carboxylic acids is 1. The van der Waals surface area contributed by atoms with Gasteiger partial charge in [-0.25, -0.2) is 4.21 Å². The van der Waals surface area contributed by atoms with Gasteiger partial charge in [0.15, 0.2) is 8.77 Å². The Morgan fingerprint density at radius 3 is 2.57 bits per heavy atom. The molecule has 0 saturated heterocycles. The summed E-state index contributed by atoms with van der Waals surface area (Å²) in [4.78, 5) is 10.8. The summed E-state index contributed by atoms with van der Waals surface area (Å²) in [5.74, 6) is -0.758. The number of amides is 1. The number of rotatable bonds is 2. The van der Waals surface area contributed by atoms with E-state index in [9.17, 15) is 13.6 Å². The molecule has 1 rings (SSSR count). The van der Waals surface area contributed by atoms with Crippen molar-refractivity contribution in [3.63, 3.8) is 0 Å². The molecule has 0 aliphatic heterocycles. The zero-order valence-electron chi connectivity index (χ0n) is 7.39. The molecule has 1 aromatic rings. The smallest absolute Gasteiger partial charge is 0.250 e. The van der Waals surface area contributed by atoms with E-state index < -0.39 is 14.7 Å². The number of nitrogens with two attached hydrogens (primary N) is 1. The van der Waals surface area contributed by atoms with Gasteiger partial charge in [-0.1, -0.05) is 6.07 Å². The van der Waals surface area contributed by atoms with E-state index in [1.165, 1.54) is 12.1 Å². The molecule has 0 bridgehead atoms. The molecule has 0 spiro atoms. The van der Waals surface area contributed by atoms with Crippen molar-refractivity contribution in [3.8, 4) is 0 Å². The SMILES string of the molecule is Cc1ccc(C(N)=O)c(S(=O)(O)=S)c1. The van der Waals surface area contributed by atoms with Crippen LogP contribution in [0.5, 0.6) is 0 Å². The second-order valence-electron chi connectivity index (χ2n) is 2.84. The van der Waals surface area contributed by atoms with Crippen LogP contribution in [0.15, 0.2) is 23.1 Å². The quantitative estimate of drug-likeness (QED) is 0.784. The van der Waals surface area contributed by atoms with Crippen LogP contribution in [0.2, 0.25) is 0 Å². The fourth-order valence-electron chi connectivity index (χ4n) is 1.05. The van der Waals surface area contributed by atoms with Crippen molar-refractivity contribution in [1.29, 1.82) is 0 Å². The van der Waals surface area contributed by atoms with Gasteiger partial charge in [0.05, 0.1) is 10.5 Å². The Kier molecular flexibility index (Phi) is 2.89. The zero-order chi connectivity index (χ0) is 10.9. The summed E-state index contributed by atoms with van der Waals surface area (Å²) in [5, 5.41) is 0. The molecule has 0 aliphatic carbocycles. The van der Waals surface area contributed by atoms with Crippen molar-refractivity contribution in [2.45, 2.75) is 11.8 Å². The van der Waals surface area contributed by atoms with Crippen LogP contribution in [-0.2, 0) is 20.0 Å². The fourth-order valence-corrected chi connectivity index (χ4v) is 2.24. The van der Waals surface area contributed by atoms with Crippen molar-refractivity contribution in [2.24, 2.45) is 5.73 Å². The van der Waals surface area contributed by atoms with E-state index in [4.69, 9.17) is 5.73 Å². The summed E-state index contributed by atoms with van der Waals surface area (Å²) in [5.41, 5.74) is 5.78. The summed E-state index contributed by atoms with van der Waals surface area (Å²) in [6, 6.07) is 4.43. The van der Waals surface area contributed by atoms with E-state index in [0.29, 0.717) is 0 Å². The van der Waals surface area contributed by atoms with Crippen LogP contribution in [0.4, 0.5) is 0 Å². The Morgan fingerprint density at radius 2 is 2.14 bits per heavy atom. The molecule has 4 nitrogen and oxygen atoms in total. The molecule has 6 heteroatoms. The average molecular weight is 231 g/mol. The van der Waals surface area contributed by atoms with E-state index in [2.05, 4.69) is 11.2 Å². The third kappa shape index (κ3) is 2.28. The molecule has 0 saturated carbocycles. The van der Waals surface area contributed by atoms with E-state index in [1.54, 1.807) is 13.0 Å². The lowest BCUT2D eigenvalue weighted by Crippen LogP contribution is -2.15. The molecule has 1 amide bonds. The largest absolute Gasteiger partial charge is 0.366 e. The molecule has 0 radical (unpaired) electrons. The minimum Gasteiger partial charge on any atom is -0.366 e. The second-order valence-corrected chi connectivity index (χ2v) is 5.58. The summed E-state index contributed by atoms with van der Waals surface area (Å²) < 4.78 is 20.4. The number of carbonyl (C=O) groups is 1. The van der Waals surface area contributed by atoms with Gasteiger partial charge in [0.1, 0.15) is 0 Å². The van der Waals surface area contributed by atoms with Gasteiger partial charge < -0.3 is 10.3 Å². The highest BCUT2D eigenvalue weighted by molar-refractivity contribution is 8.29. The van der Waals surface area contributed by atoms with Crippen molar-refractivity contribution >= 4 is 25.9 Å². The minimum atomic E-state index is -3.57. The first kappa shape index (κ1) is 11.1. The van der Waals surface area contributed by atoms with Crippen molar-refractivity contribution < 1.29 is 13.6 Å². The van der Waals surface area contributed by atoms with Crippen molar-refractivity contribution in [2.75, 3.05) is 0 Å². The highest BCUT2D eigenvalue weighted by Crippen LogP contribution is 2.17. The first-order valence-electron chi connectivity index (χ1n) is 3.70. The molecular weight excluding hydrogens is 222 g/mol. The predicted molar refractivity (Wildman–Crippen MR) is 56.1 cm³/mol. The third-order valence-corrected chi connectivity index (χ3v) is 3.11. The normalized spacial score (nSPS) is 14.7. The first-order chi connectivity index (χ1) is 6.32. The Labute approximate surface area is 86.6 Å². The van der Waals surface area contributed by atoms with Gasteiger partial charge in [-0.15, -0.1) is 0 Å². The Morgan fingerprint density at radius 1 is 1.57 bits per heavy atom. The van der Waals surface area contributed by atoms with Gasteiger partial charge in [0, 0.05) is 11.2 Å². The van der Waals surface area contributed by atoms with Crippen LogP contribution in [0.1, 0.15) is 15.9 Å². The van der Waals surface area contributed by atoms with Gasteiger partial charge in [-0.05, 0) is 24.6 Å². The zero-order valence-corrected chi connectivity index (χ0v) is 9.02. The highest BCUT2D eigenvalue weighted by atomic mass is 32.8.